The third-order valence-electron chi connectivity index (χ3n) is 5.35. The molecule has 2 aliphatic rings. The maximum Gasteiger partial charge on any atom is 0.254 e. The van der Waals surface area contributed by atoms with Crippen LogP contribution in [-0.2, 0) is 17.9 Å². The summed E-state index contributed by atoms with van der Waals surface area (Å²) in [6, 6.07) is 1.53. The Bertz CT molecular complexity index is 964. The molecule has 0 radical (unpaired) electrons. The second-order valence-electron chi connectivity index (χ2n) is 8.12. The maximum absolute atomic E-state index is 12.4. The van der Waals surface area contributed by atoms with Crippen LogP contribution in [0.25, 0.3) is 0 Å². The Balaban J connectivity index is 1.41. The number of amides is 1. The first kappa shape index (κ1) is 20.2. The van der Waals surface area contributed by atoms with E-state index in [0.29, 0.717) is 23.6 Å². The van der Waals surface area contributed by atoms with E-state index in [4.69, 9.17) is 0 Å². The summed E-state index contributed by atoms with van der Waals surface area (Å²) in [4.78, 5) is 46.5. The molecule has 0 atom stereocenters. The standard InChI is InChI=1S/C20H28N8O2/c1-26(2)19-23-16(24-20(25-19)27-8-4-3-5-9-27)11-21-17(29)12-28-13-22-15(10-18(28)30)14-6-7-14/h10,13-14H,3-9,11-12H2,1-2H3,(H,21,29). The van der Waals surface area contributed by atoms with Crippen molar-refractivity contribution in [1.29, 1.82) is 0 Å². The number of nitrogens with zero attached hydrogens (tertiary/aromatic N) is 7. The van der Waals surface area contributed by atoms with Gasteiger partial charge >= 0.3 is 0 Å². The molecule has 0 aromatic carbocycles. The molecule has 1 saturated carbocycles. The van der Waals surface area contributed by atoms with Crippen LogP contribution < -0.4 is 20.7 Å². The minimum absolute atomic E-state index is 0.0820. The molecule has 4 rings (SSSR count). The Labute approximate surface area is 175 Å². The van der Waals surface area contributed by atoms with Crippen molar-refractivity contribution in [2.24, 2.45) is 0 Å². The first-order chi connectivity index (χ1) is 14.5. The number of carbonyl (C=O) groups is 1. The summed E-state index contributed by atoms with van der Waals surface area (Å²) >= 11 is 0. The van der Waals surface area contributed by atoms with Crippen LogP contribution in [0.3, 0.4) is 0 Å². The molecule has 2 aromatic heterocycles. The largest absolute Gasteiger partial charge is 0.347 e. The van der Waals surface area contributed by atoms with E-state index in [1.807, 2.05) is 19.0 Å². The van der Waals surface area contributed by atoms with E-state index >= 15 is 0 Å². The molecule has 1 aliphatic carbocycles. The molecule has 3 heterocycles. The van der Waals surface area contributed by atoms with Gasteiger partial charge in [-0.3, -0.25) is 14.2 Å². The summed E-state index contributed by atoms with van der Waals surface area (Å²) in [5.74, 6) is 1.83. The molecule has 160 valence electrons. The van der Waals surface area contributed by atoms with Crippen molar-refractivity contribution in [2.75, 3.05) is 37.0 Å². The third kappa shape index (κ3) is 4.92. The molecule has 1 saturated heterocycles. The van der Waals surface area contributed by atoms with Gasteiger partial charge in [0.2, 0.25) is 17.8 Å². The lowest BCUT2D eigenvalue weighted by Gasteiger charge is -2.27. The molecular weight excluding hydrogens is 384 g/mol. The molecule has 0 spiro atoms. The molecule has 1 amide bonds. The minimum Gasteiger partial charge on any atom is -0.347 e. The Kier molecular flexibility index (Phi) is 5.91. The summed E-state index contributed by atoms with van der Waals surface area (Å²) < 4.78 is 1.32. The van der Waals surface area contributed by atoms with Crippen LogP contribution in [-0.4, -0.2) is 57.6 Å². The molecular formula is C20H28N8O2. The maximum atomic E-state index is 12.4. The average molecular weight is 412 g/mol. The van der Waals surface area contributed by atoms with E-state index in [9.17, 15) is 9.59 Å². The number of hydrogen-bond donors (Lipinski definition) is 1. The highest BCUT2D eigenvalue weighted by atomic mass is 16.2. The van der Waals surface area contributed by atoms with Crippen LogP contribution in [0.4, 0.5) is 11.9 Å². The number of carbonyl (C=O) groups excluding carboxylic acids is 1. The van der Waals surface area contributed by atoms with Gasteiger partial charge in [-0.25, -0.2) is 4.98 Å². The number of aromatic nitrogens is 5. The van der Waals surface area contributed by atoms with Crippen molar-refractivity contribution in [3.05, 3.63) is 34.3 Å². The molecule has 10 nitrogen and oxygen atoms in total. The average Bonchev–Trinajstić information content (AvgIpc) is 3.59. The normalized spacial score (nSPS) is 16.4. The Hall–Kier alpha value is -3.04. The number of piperidine rings is 1. The van der Waals surface area contributed by atoms with E-state index in [1.165, 1.54) is 23.4 Å². The zero-order valence-corrected chi connectivity index (χ0v) is 17.5. The molecule has 10 heteroatoms. The lowest BCUT2D eigenvalue weighted by Crippen LogP contribution is -2.34. The van der Waals surface area contributed by atoms with E-state index in [0.717, 1.165) is 44.5 Å². The second kappa shape index (κ2) is 8.76. The fourth-order valence-electron chi connectivity index (χ4n) is 3.46. The summed E-state index contributed by atoms with van der Waals surface area (Å²) in [5.41, 5.74) is 0.618. The molecule has 30 heavy (non-hydrogen) atoms. The number of nitrogens with one attached hydrogen (secondary N) is 1. The van der Waals surface area contributed by atoms with E-state index in [2.05, 4.69) is 30.2 Å². The number of hydrogen-bond acceptors (Lipinski definition) is 8. The van der Waals surface area contributed by atoms with Crippen LogP contribution >= 0.6 is 0 Å². The first-order valence-electron chi connectivity index (χ1n) is 10.5. The highest BCUT2D eigenvalue weighted by Gasteiger charge is 2.25. The van der Waals surface area contributed by atoms with Crippen molar-refractivity contribution in [2.45, 2.75) is 51.1 Å². The van der Waals surface area contributed by atoms with Gasteiger partial charge in [0.25, 0.3) is 5.56 Å². The third-order valence-corrected chi connectivity index (χ3v) is 5.35. The van der Waals surface area contributed by atoms with Gasteiger partial charge in [-0.1, -0.05) is 0 Å². The van der Waals surface area contributed by atoms with Gasteiger partial charge in [0, 0.05) is 39.2 Å². The molecule has 2 fully saturated rings. The van der Waals surface area contributed by atoms with Gasteiger partial charge < -0.3 is 15.1 Å². The van der Waals surface area contributed by atoms with Crippen molar-refractivity contribution in [3.63, 3.8) is 0 Å². The Morgan fingerprint density at radius 1 is 1.17 bits per heavy atom. The molecule has 0 bridgehead atoms. The quantitative estimate of drug-likeness (QED) is 0.707. The van der Waals surface area contributed by atoms with Gasteiger partial charge in [0.05, 0.1) is 18.6 Å². The minimum atomic E-state index is -0.288. The predicted molar refractivity (Wildman–Crippen MR) is 113 cm³/mol. The zero-order chi connectivity index (χ0) is 21.1. The number of rotatable bonds is 7. The van der Waals surface area contributed by atoms with E-state index in [-0.39, 0.29) is 24.6 Å². The fraction of sp³-hybridized carbons (Fsp3) is 0.600. The SMILES string of the molecule is CN(C)c1nc(CNC(=O)Cn2cnc(C3CC3)cc2=O)nc(N2CCCCC2)n1. The predicted octanol–water partition coefficient (Wildman–Crippen LogP) is 0.678. The Morgan fingerprint density at radius 3 is 2.60 bits per heavy atom. The molecule has 0 unspecified atom stereocenters. The summed E-state index contributed by atoms with van der Waals surface area (Å²) in [5, 5.41) is 2.80. The summed E-state index contributed by atoms with van der Waals surface area (Å²) in [6.07, 6.45) is 7.08. The van der Waals surface area contributed by atoms with Crippen molar-refractivity contribution in [3.8, 4) is 0 Å². The van der Waals surface area contributed by atoms with Crippen molar-refractivity contribution in [1.82, 2.24) is 29.8 Å². The molecule has 2 aromatic rings. The van der Waals surface area contributed by atoms with Gasteiger partial charge in [-0.15, -0.1) is 0 Å². The number of anilines is 2. The monoisotopic (exact) mass is 412 g/mol. The van der Waals surface area contributed by atoms with Gasteiger partial charge in [0.1, 0.15) is 6.54 Å². The van der Waals surface area contributed by atoms with Crippen LogP contribution in [0.1, 0.15) is 49.5 Å². The van der Waals surface area contributed by atoms with Crippen LogP contribution in [0, 0.1) is 0 Å². The lowest BCUT2D eigenvalue weighted by atomic mass is 10.1. The van der Waals surface area contributed by atoms with Crippen molar-refractivity contribution < 1.29 is 4.79 Å². The fourth-order valence-corrected chi connectivity index (χ4v) is 3.46. The molecule has 1 N–H and O–H groups in total. The highest BCUT2D eigenvalue weighted by Crippen LogP contribution is 2.38. The molecule has 1 aliphatic heterocycles. The van der Waals surface area contributed by atoms with Crippen LogP contribution in [0.2, 0.25) is 0 Å². The van der Waals surface area contributed by atoms with Crippen LogP contribution in [0.15, 0.2) is 17.2 Å². The van der Waals surface area contributed by atoms with Gasteiger partial charge in [-0.05, 0) is 32.1 Å². The summed E-state index contributed by atoms with van der Waals surface area (Å²) in [6.45, 7) is 1.94. The van der Waals surface area contributed by atoms with Crippen molar-refractivity contribution >= 4 is 17.8 Å². The van der Waals surface area contributed by atoms with Gasteiger partial charge in [-0.2, -0.15) is 15.0 Å². The van der Waals surface area contributed by atoms with Crippen LogP contribution in [0.5, 0.6) is 0 Å². The smallest absolute Gasteiger partial charge is 0.254 e. The van der Waals surface area contributed by atoms with E-state index < -0.39 is 0 Å². The highest BCUT2D eigenvalue weighted by molar-refractivity contribution is 5.75. The van der Waals surface area contributed by atoms with Gasteiger partial charge in [0.15, 0.2) is 5.82 Å². The second-order valence-corrected chi connectivity index (χ2v) is 8.12. The first-order valence-corrected chi connectivity index (χ1v) is 10.5. The lowest BCUT2D eigenvalue weighted by molar-refractivity contribution is -0.121. The van der Waals surface area contributed by atoms with E-state index in [1.54, 1.807) is 0 Å². The topological polar surface area (TPSA) is 109 Å². The zero-order valence-electron chi connectivity index (χ0n) is 17.5. The Morgan fingerprint density at radius 2 is 1.93 bits per heavy atom. The summed E-state index contributed by atoms with van der Waals surface area (Å²) in [7, 11) is 3.75.